The zero-order valence-electron chi connectivity index (χ0n) is 7.73. The van der Waals surface area contributed by atoms with Crippen LogP contribution in [-0.4, -0.2) is 42.3 Å². The summed E-state index contributed by atoms with van der Waals surface area (Å²) in [6, 6.07) is -0.504. The molecule has 1 fully saturated rings. The summed E-state index contributed by atoms with van der Waals surface area (Å²) in [5, 5.41) is 2.26. The van der Waals surface area contributed by atoms with E-state index >= 15 is 0 Å². The predicted octanol–water partition coefficient (Wildman–Crippen LogP) is -1.79. The first-order valence-corrected chi connectivity index (χ1v) is 4.42. The van der Waals surface area contributed by atoms with Gasteiger partial charge >= 0.3 is 0 Å². The molecule has 0 saturated carbocycles. The standard InChI is InChI=1S/C8H13N3O3/c9-8(14)6-2-1-3-11(6)7(13)4-10-5-12/h5-6H,1-4H2,(H2,9,14)(H,10,12). The van der Waals surface area contributed by atoms with Crippen molar-refractivity contribution >= 4 is 18.2 Å². The highest BCUT2D eigenvalue weighted by Crippen LogP contribution is 2.16. The van der Waals surface area contributed by atoms with Crippen LogP contribution in [0.5, 0.6) is 0 Å². The number of amides is 3. The second-order valence-electron chi connectivity index (χ2n) is 3.15. The van der Waals surface area contributed by atoms with E-state index in [1.165, 1.54) is 4.90 Å². The zero-order valence-corrected chi connectivity index (χ0v) is 7.73. The summed E-state index contributed by atoms with van der Waals surface area (Å²) in [6.45, 7) is 0.459. The summed E-state index contributed by atoms with van der Waals surface area (Å²) in [7, 11) is 0. The lowest BCUT2D eigenvalue weighted by Gasteiger charge is -2.21. The second kappa shape index (κ2) is 4.59. The number of carbonyl (C=O) groups excluding carboxylic acids is 3. The number of hydrogen-bond acceptors (Lipinski definition) is 3. The molecule has 0 aromatic heterocycles. The van der Waals surface area contributed by atoms with Gasteiger partial charge in [-0.3, -0.25) is 14.4 Å². The Bertz CT molecular complexity index is 254. The van der Waals surface area contributed by atoms with E-state index in [-0.39, 0.29) is 12.5 Å². The van der Waals surface area contributed by atoms with E-state index in [2.05, 4.69) is 5.32 Å². The van der Waals surface area contributed by atoms with E-state index in [9.17, 15) is 14.4 Å². The maximum Gasteiger partial charge on any atom is 0.242 e. The predicted molar refractivity (Wildman–Crippen MR) is 48.0 cm³/mol. The minimum atomic E-state index is -0.504. The van der Waals surface area contributed by atoms with Gasteiger partial charge in [0.15, 0.2) is 0 Å². The lowest BCUT2D eigenvalue weighted by molar-refractivity contribution is -0.137. The van der Waals surface area contributed by atoms with Crippen molar-refractivity contribution in [2.45, 2.75) is 18.9 Å². The number of nitrogens with two attached hydrogens (primary N) is 1. The Balaban J connectivity index is 2.53. The first kappa shape index (κ1) is 10.5. The molecule has 3 amide bonds. The van der Waals surface area contributed by atoms with E-state index in [0.717, 1.165) is 6.42 Å². The van der Waals surface area contributed by atoms with Gasteiger partial charge in [0.25, 0.3) is 0 Å². The molecule has 6 heteroatoms. The molecule has 1 heterocycles. The van der Waals surface area contributed by atoms with Crippen molar-refractivity contribution in [1.29, 1.82) is 0 Å². The summed E-state index contributed by atoms with van der Waals surface area (Å²) in [6.07, 6.45) is 1.84. The van der Waals surface area contributed by atoms with Gasteiger partial charge in [-0.25, -0.2) is 0 Å². The summed E-state index contributed by atoms with van der Waals surface area (Å²) in [5.41, 5.74) is 5.13. The lowest BCUT2D eigenvalue weighted by Crippen LogP contribution is -2.46. The SMILES string of the molecule is NC(=O)C1CCCN1C(=O)CNC=O. The first-order valence-electron chi connectivity index (χ1n) is 4.42. The molecular formula is C8H13N3O3. The van der Waals surface area contributed by atoms with Gasteiger partial charge in [0.2, 0.25) is 18.2 Å². The van der Waals surface area contributed by atoms with Gasteiger partial charge in [-0.15, -0.1) is 0 Å². The molecule has 1 aliphatic rings. The Morgan fingerprint density at radius 1 is 1.57 bits per heavy atom. The van der Waals surface area contributed by atoms with Crippen molar-refractivity contribution in [2.75, 3.05) is 13.1 Å². The van der Waals surface area contributed by atoms with Crippen LogP contribution in [0.2, 0.25) is 0 Å². The minimum Gasteiger partial charge on any atom is -0.368 e. The Hall–Kier alpha value is -1.59. The molecule has 0 aromatic rings. The highest BCUT2D eigenvalue weighted by molar-refractivity contribution is 5.88. The van der Waals surface area contributed by atoms with Crippen LogP contribution in [0.1, 0.15) is 12.8 Å². The van der Waals surface area contributed by atoms with E-state index in [4.69, 9.17) is 5.73 Å². The maximum absolute atomic E-state index is 11.4. The maximum atomic E-state index is 11.4. The van der Waals surface area contributed by atoms with E-state index in [0.29, 0.717) is 19.4 Å². The van der Waals surface area contributed by atoms with Gasteiger partial charge in [0.05, 0.1) is 6.54 Å². The lowest BCUT2D eigenvalue weighted by atomic mass is 10.2. The molecule has 3 N–H and O–H groups in total. The molecule has 78 valence electrons. The van der Waals surface area contributed by atoms with E-state index < -0.39 is 11.9 Å². The Kier molecular flexibility index (Phi) is 3.44. The number of hydrogen-bond donors (Lipinski definition) is 2. The molecule has 0 aliphatic carbocycles. The fraction of sp³-hybridized carbons (Fsp3) is 0.625. The molecule has 0 bridgehead atoms. The number of likely N-dealkylation sites (tertiary alicyclic amines) is 1. The van der Waals surface area contributed by atoms with Crippen molar-refractivity contribution < 1.29 is 14.4 Å². The summed E-state index contributed by atoms with van der Waals surface area (Å²) < 4.78 is 0. The van der Waals surface area contributed by atoms with Crippen molar-refractivity contribution in [3.63, 3.8) is 0 Å². The molecule has 1 unspecified atom stereocenters. The first-order chi connectivity index (χ1) is 6.66. The van der Waals surface area contributed by atoms with Crippen LogP contribution in [0, 0.1) is 0 Å². The molecule has 0 aromatic carbocycles. The van der Waals surface area contributed by atoms with Crippen LogP contribution in [0.15, 0.2) is 0 Å². The quantitative estimate of drug-likeness (QED) is 0.524. The number of primary amides is 1. The van der Waals surface area contributed by atoms with E-state index in [1.54, 1.807) is 0 Å². The van der Waals surface area contributed by atoms with Gasteiger partial charge in [-0.05, 0) is 12.8 Å². The fourth-order valence-electron chi connectivity index (χ4n) is 1.59. The largest absolute Gasteiger partial charge is 0.368 e. The average molecular weight is 199 g/mol. The summed E-state index contributed by atoms with van der Waals surface area (Å²) >= 11 is 0. The minimum absolute atomic E-state index is 0.0761. The zero-order chi connectivity index (χ0) is 10.6. The van der Waals surface area contributed by atoms with Crippen LogP contribution in [0.3, 0.4) is 0 Å². The topological polar surface area (TPSA) is 92.5 Å². The highest BCUT2D eigenvalue weighted by atomic mass is 16.2. The molecule has 0 spiro atoms. The molecule has 0 radical (unpaired) electrons. The third-order valence-electron chi connectivity index (χ3n) is 2.24. The fourth-order valence-corrected chi connectivity index (χ4v) is 1.59. The van der Waals surface area contributed by atoms with Gasteiger partial charge in [0.1, 0.15) is 6.04 Å². The van der Waals surface area contributed by atoms with Crippen molar-refractivity contribution in [2.24, 2.45) is 5.73 Å². The van der Waals surface area contributed by atoms with Crippen LogP contribution in [0.25, 0.3) is 0 Å². The molecule has 6 nitrogen and oxygen atoms in total. The van der Waals surface area contributed by atoms with Crippen LogP contribution in [-0.2, 0) is 14.4 Å². The Labute approximate surface area is 81.4 Å². The molecule has 1 saturated heterocycles. The van der Waals surface area contributed by atoms with Crippen LogP contribution < -0.4 is 11.1 Å². The normalized spacial score (nSPS) is 20.6. The summed E-state index contributed by atoms with van der Waals surface area (Å²) in [4.78, 5) is 33.7. The third kappa shape index (κ3) is 2.21. The number of nitrogens with one attached hydrogen (secondary N) is 1. The number of carbonyl (C=O) groups is 3. The highest BCUT2D eigenvalue weighted by Gasteiger charge is 2.31. The third-order valence-corrected chi connectivity index (χ3v) is 2.24. The van der Waals surface area contributed by atoms with Crippen LogP contribution in [0.4, 0.5) is 0 Å². The van der Waals surface area contributed by atoms with E-state index in [1.807, 2.05) is 0 Å². The number of rotatable bonds is 4. The van der Waals surface area contributed by atoms with Crippen molar-refractivity contribution in [3.05, 3.63) is 0 Å². The molecule has 1 rings (SSSR count). The smallest absolute Gasteiger partial charge is 0.242 e. The van der Waals surface area contributed by atoms with Gasteiger partial charge in [-0.2, -0.15) is 0 Å². The van der Waals surface area contributed by atoms with Gasteiger partial charge < -0.3 is 16.0 Å². The molecule has 1 aliphatic heterocycles. The van der Waals surface area contributed by atoms with Crippen molar-refractivity contribution in [3.8, 4) is 0 Å². The monoisotopic (exact) mass is 199 g/mol. The van der Waals surface area contributed by atoms with Gasteiger partial charge in [0, 0.05) is 6.54 Å². The van der Waals surface area contributed by atoms with Crippen LogP contribution >= 0.6 is 0 Å². The van der Waals surface area contributed by atoms with Gasteiger partial charge in [-0.1, -0.05) is 0 Å². The van der Waals surface area contributed by atoms with Crippen molar-refractivity contribution in [1.82, 2.24) is 10.2 Å². The molecule has 1 atom stereocenters. The molecular weight excluding hydrogens is 186 g/mol. The summed E-state index contributed by atoms with van der Waals surface area (Å²) in [5.74, 6) is -0.750. The average Bonchev–Trinajstić information content (AvgIpc) is 2.62. The number of nitrogens with zero attached hydrogens (tertiary/aromatic N) is 1. The Morgan fingerprint density at radius 2 is 2.29 bits per heavy atom. The molecule has 14 heavy (non-hydrogen) atoms. The second-order valence-corrected chi connectivity index (χ2v) is 3.15. The Morgan fingerprint density at radius 3 is 2.86 bits per heavy atom.